The predicted octanol–water partition coefficient (Wildman–Crippen LogP) is 6.57. The van der Waals surface area contributed by atoms with E-state index in [0.29, 0.717) is 17.5 Å². The maximum atomic E-state index is 13.8. The van der Waals surface area contributed by atoms with Crippen molar-refractivity contribution in [1.29, 1.82) is 0 Å². The zero-order valence-corrected chi connectivity index (χ0v) is 22.1. The highest BCUT2D eigenvalue weighted by molar-refractivity contribution is 5.94. The minimum absolute atomic E-state index is 0.119. The summed E-state index contributed by atoms with van der Waals surface area (Å²) in [6, 6.07) is 30.1. The highest BCUT2D eigenvalue weighted by atomic mass is 16.5. The second kappa shape index (κ2) is 12.4. The summed E-state index contributed by atoms with van der Waals surface area (Å²) < 4.78 is 5.41. The fraction of sp³-hybridized carbons (Fsp3) is 0.424. The van der Waals surface area contributed by atoms with Crippen molar-refractivity contribution in [2.75, 3.05) is 26.7 Å². The lowest BCUT2D eigenvalue weighted by Gasteiger charge is -2.45. The summed E-state index contributed by atoms with van der Waals surface area (Å²) >= 11 is 0. The van der Waals surface area contributed by atoms with E-state index in [2.05, 4.69) is 64.4 Å². The van der Waals surface area contributed by atoms with Crippen LogP contribution >= 0.6 is 0 Å². The minimum atomic E-state index is 0.119. The number of methoxy groups -OCH3 is 1. The van der Waals surface area contributed by atoms with Crippen molar-refractivity contribution in [3.05, 3.63) is 102 Å². The molecule has 3 aromatic rings. The third-order valence-corrected chi connectivity index (χ3v) is 8.43. The van der Waals surface area contributed by atoms with Gasteiger partial charge in [-0.1, -0.05) is 79.6 Å². The molecule has 1 saturated heterocycles. The Morgan fingerprint density at radius 1 is 0.865 bits per heavy atom. The van der Waals surface area contributed by atoms with Crippen molar-refractivity contribution < 1.29 is 9.53 Å². The molecule has 0 radical (unpaired) electrons. The number of ether oxygens (including phenoxy) is 1. The van der Waals surface area contributed by atoms with Crippen LogP contribution in [0.5, 0.6) is 5.75 Å². The number of carbonyl (C=O) groups is 1. The summed E-state index contributed by atoms with van der Waals surface area (Å²) in [7, 11) is 1.65. The van der Waals surface area contributed by atoms with E-state index < -0.39 is 0 Å². The topological polar surface area (TPSA) is 32.8 Å². The molecule has 1 saturated carbocycles. The molecule has 37 heavy (non-hydrogen) atoms. The zero-order chi connectivity index (χ0) is 25.5. The molecule has 3 aromatic carbocycles. The first kappa shape index (κ1) is 25.5. The number of benzene rings is 3. The van der Waals surface area contributed by atoms with Crippen molar-refractivity contribution in [3.8, 4) is 5.75 Å². The molecule has 4 nitrogen and oxygen atoms in total. The minimum Gasteiger partial charge on any atom is -0.497 e. The molecule has 0 N–H and O–H groups in total. The summed E-state index contributed by atoms with van der Waals surface area (Å²) in [4.78, 5) is 18.7. The van der Waals surface area contributed by atoms with Gasteiger partial charge < -0.3 is 9.64 Å². The van der Waals surface area contributed by atoms with Gasteiger partial charge in [0.1, 0.15) is 5.75 Å². The van der Waals surface area contributed by atoms with Crippen LogP contribution in [0, 0.1) is 0 Å². The van der Waals surface area contributed by atoms with Gasteiger partial charge >= 0.3 is 0 Å². The van der Waals surface area contributed by atoms with Crippen LogP contribution in [0.2, 0.25) is 0 Å². The highest BCUT2D eigenvalue weighted by Crippen LogP contribution is 2.37. The van der Waals surface area contributed by atoms with Crippen molar-refractivity contribution in [2.24, 2.45) is 0 Å². The van der Waals surface area contributed by atoms with Crippen LogP contribution < -0.4 is 4.74 Å². The van der Waals surface area contributed by atoms with Crippen molar-refractivity contribution >= 4 is 5.91 Å². The van der Waals surface area contributed by atoms with E-state index in [1.54, 1.807) is 7.11 Å². The van der Waals surface area contributed by atoms with E-state index in [4.69, 9.17) is 4.74 Å². The van der Waals surface area contributed by atoms with Crippen molar-refractivity contribution in [1.82, 2.24) is 9.80 Å². The number of piperidine rings is 1. The largest absolute Gasteiger partial charge is 0.497 e. The lowest BCUT2D eigenvalue weighted by Crippen LogP contribution is -2.52. The van der Waals surface area contributed by atoms with Crippen LogP contribution in [0.4, 0.5) is 0 Å². The third kappa shape index (κ3) is 6.24. The quantitative estimate of drug-likeness (QED) is 0.354. The molecule has 1 aliphatic heterocycles. The summed E-state index contributed by atoms with van der Waals surface area (Å²) in [5, 5.41) is 0. The van der Waals surface area contributed by atoms with Gasteiger partial charge in [0.05, 0.1) is 7.11 Å². The maximum absolute atomic E-state index is 13.8. The number of hydrogen-bond donors (Lipinski definition) is 0. The van der Waals surface area contributed by atoms with Gasteiger partial charge in [-0.15, -0.1) is 0 Å². The summed E-state index contributed by atoms with van der Waals surface area (Å²) in [6.45, 7) is 2.86. The van der Waals surface area contributed by atoms with Crippen LogP contribution in [0.1, 0.15) is 65.9 Å². The molecular weight excluding hydrogens is 456 g/mol. The Morgan fingerprint density at radius 2 is 1.57 bits per heavy atom. The number of likely N-dealkylation sites (tertiary alicyclic amines) is 1. The van der Waals surface area contributed by atoms with Crippen LogP contribution in [-0.4, -0.2) is 54.5 Å². The number of nitrogens with zero attached hydrogens (tertiary/aromatic N) is 2. The van der Waals surface area contributed by atoms with Gasteiger partial charge in [0.15, 0.2) is 0 Å². The standard InChI is InChI=1S/C33H40N2O2/c1-37-30-16-10-15-28(25-30)33(36)35(24-19-26-11-4-2-5-12-26)29-20-22-34(23-21-29)32-18-9-8-17-31(32)27-13-6-3-7-14-27/h2-7,10-16,25,29,31-32H,8-9,17-24H2,1H3. The molecule has 2 aliphatic rings. The van der Waals surface area contributed by atoms with Gasteiger partial charge in [-0.25, -0.2) is 0 Å². The van der Waals surface area contributed by atoms with E-state index in [9.17, 15) is 4.79 Å². The number of hydrogen-bond acceptors (Lipinski definition) is 3. The van der Waals surface area contributed by atoms with Crippen molar-refractivity contribution in [3.63, 3.8) is 0 Å². The van der Waals surface area contributed by atoms with Crippen molar-refractivity contribution in [2.45, 2.75) is 62.9 Å². The molecule has 2 atom stereocenters. The van der Waals surface area contributed by atoms with Gasteiger partial charge in [0.2, 0.25) is 0 Å². The third-order valence-electron chi connectivity index (χ3n) is 8.43. The average Bonchev–Trinajstić information content (AvgIpc) is 2.98. The molecule has 2 unspecified atom stereocenters. The summed E-state index contributed by atoms with van der Waals surface area (Å²) in [6.07, 6.45) is 8.15. The average molecular weight is 497 g/mol. The van der Waals surface area contributed by atoms with Gasteiger partial charge in [0.25, 0.3) is 5.91 Å². The fourth-order valence-electron chi connectivity index (χ4n) is 6.43. The Morgan fingerprint density at radius 3 is 2.30 bits per heavy atom. The van der Waals surface area contributed by atoms with E-state index in [0.717, 1.165) is 44.6 Å². The Hall–Kier alpha value is -3.11. The number of amides is 1. The highest BCUT2D eigenvalue weighted by Gasteiger charge is 2.35. The Balaban J connectivity index is 1.30. The number of rotatable bonds is 8. The summed E-state index contributed by atoms with van der Waals surface area (Å²) in [5.41, 5.74) is 3.48. The van der Waals surface area contributed by atoms with Gasteiger partial charge in [-0.3, -0.25) is 9.69 Å². The molecule has 4 heteroatoms. The molecular formula is C33H40N2O2. The number of carbonyl (C=O) groups excluding carboxylic acids is 1. The molecule has 194 valence electrons. The zero-order valence-electron chi connectivity index (χ0n) is 22.1. The van der Waals surface area contributed by atoms with Crippen LogP contribution in [0.3, 0.4) is 0 Å². The van der Waals surface area contributed by atoms with E-state index in [1.807, 2.05) is 30.3 Å². The predicted molar refractivity (Wildman–Crippen MR) is 150 cm³/mol. The maximum Gasteiger partial charge on any atom is 0.254 e. The molecule has 0 aromatic heterocycles. The Labute approximate surface area is 222 Å². The first-order valence-corrected chi connectivity index (χ1v) is 14.0. The summed E-state index contributed by atoms with van der Waals surface area (Å²) in [5.74, 6) is 1.47. The van der Waals surface area contributed by atoms with E-state index in [1.165, 1.54) is 36.8 Å². The lowest BCUT2D eigenvalue weighted by molar-refractivity contribution is 0.0457. The van der Waals surface area contributed by atoms with Gasteiger partial charge in [-0.05, 0) is 67.3 Å². The Bertz CT molecular complexity index is 1130. The monoisotopic (exact) mass is 496 g/mol. The molecule has 1 amide bonds. The first-order chi connectivity index (χ1) is 18.2. The van der Waals surface area contributed by atoms with Gasteiger partial charge in [0, 0.05) is 37.3 Å². The fourth-order valence-corrected chi connectivity index (χ4v) is 6.43. The SMILES string of the molecule is COc1cccc(C(=O)N(CCc2ccccc2)C2CCN(C3CCCCC3c3ccccc3)CC2)c1. The molecule has 1 heterocycles. The molecule has 5 rings (SSSR count). The lowest BCUT2D eigenvalue weighted by atomic mass is 9.78. The molecule has 0 spiro atoms. The van der Waals surface area contributed by atoms with Crippen LogP contribution in [-0.2, 0) is 6.42 Å². The molecule has 0 bridgehead atoms. The Kier molecular flexibility index (Phi) is 8.57. The van der Waals surface area contributed by atoms with Gasteiger partial charge in [-0.2, -0.15) is 0 Å². The van der Waals surface area contributed by atoms with Crippen LogP contribution in [0.25, 0.3) is 0 Å². The second-order valence-corrected chi connectivity index (χ2v) is 10.6. The molecule has 1 aliphatic carbocycles. The first-order valence-electron chi connectivity index (χ1n) is 14.0. The van der Waals surface area contributed by atoms with E-state index >= 15 is 0 Å². The van der Waals surface area contributed by atoms with Crippen LogP contribution in [0.15, 0.2) is 84.9 Å². The smallest absolute Gasteiger partial charge is 0.254 e. The second-order valence-electron chi connectivity index (χ2n) is 10.6. The molecule has 2 fully saturated rings. The normalized spacial score (nSPS) is 20.9. The van der Waals surface area contributed by atoms with E-state index in [-0.39, 0.29) is 11.9 Å².